The van der Waals surface area contributed by atoms with Crippen molar-refractivity contribution in [2.24, 2.45) is 0 Å². The molecule has 0 aliphatic carbocycles. The zero-order chi connectivity index (χ0) is 13.0. The van der Waals surface area contributed by atoms with Crippen LogP contribution in [0.2, 0.25) is 0 Å². The number of benzene rings is 1. The normalized spacial score (nSPS) is 25.0. The van der Waals surface area contributed by atoms with E-state index < -0.39 is 0 Å². The second kappa shape index (κ2) is 6.37. The fourth-order valence-corrected chi connectivity index (χ4v) is 2.73. The quantitative estimate of drug-likeness (QED) is 0.899. The van der Waals surface area contributed by atoms with Gasteiger partial charge in [0.1, 0.15) is 0 Å². The van der Waals surface area contributed by atoms with Gasteiger partial charge in [-0.1, -0.05) is 55.4 Å². The van der Waals surface area contributed by atoms with E-state index in [4.69, 9.17) is 11.6 Å². The van der Waals surface area contributed by atoms with Gasteiger partial charge in [0.15, 0.2) is 0 Å². The van der Waals surface area contributed by atoms with Gasteiger partial charge in [-0.15, -0.1) is 0 Å². The molecule has 1 aromatic carbocycles. The molecule has 1 fully saturated rings. The topological polar surface area (TPSA) is 15.3 Å². The molecule has 2 nitrogen and oxygen atoms in total. The minimum absolute atomic E-state index is 0.394. The van der Waals surface area contributed by atoms with E-state index in [-0.39, 0.29) is 0 Å². The number of hydrogen-bond acceptors (Lipinski definition) is 2. The monoisotopic (exact) mass is 264 g/mol. The van der Waals surface area contributed by atoms with Crippen LogP contribution in [0.15, 0.2) is 41.9 Å². The van der Waals surface area contributed by atoms with Crippen molar-refractivity contribution in [3.8, 4) is 0 Å². The van der Waals surface area contributed by atoms with Gasteiger partial charge < -0.3 is 5.32 Å². The predicted molar refractivity (Wildman–Crippen MR) is 77.8 cm³/mol. The Balaban J connectivity index is 2.06. The van der Waals surface area contributed by atoms with Gasteiger partial charge in [-0.2, -0.15) is 0 Å². The molecule has 0 aromatic heterocycles. The third-order valence-electron chi connectivity index (χ3n) is 3.58. The van der Waals surface area contributed by atoms with Gasteiger partial charge in [0.05, 0.1) is 0 Å². The Morgan fingerprint density at radius 1 is 1.44 bits per heavy atom. The summed E-state index contributed by atoms with van der Waals surface area (Å²) in [5.74, 6) is 0. The fraction of sp³-hybridized carbons (Fsp3) is 0.467. The first-order valence-corrected chi connectivity index (χ1v) is 6.94. The molecule has 0 bridgehead atoms. The Morgan fingerprint density at radius 2 is 2.17 bits per heavy atom. The van der Waals surface area contributed by atoms with Crippen LogP contribution in [-0.4, -0.2) is 30.6 Å². The summed E-state index contributed by atoms with van der Waals surface area (Å²) in [4.78, 5) is 2.43. The molecular weight excluding hydrogens is 244 g/mol. The van der Waals surface area contributed by atoms with Gasteiger partial charge in [0.25, 0.3) is 0 Å². The Labute approximate surface area is 115 Å². The highest BCUT2D eigenvalue weighted by Gasteiger charge is 2.27. The summed E-state index contributed by atoms with van der Waals surface area (Å²) in [6.07, 6.45) is 1.14. The second-order valence-electron chi connectivity index (χ2n) is 4.88. The van der Waals surface area contributed by atoms with Gasteiger partial charge in [0, 0.05) is 36.8 Å². The van der Waals surface area contributed by atoms with Gasteiger partial charge in [-0.05, 0) is 12.0 Å². The molecule has 0 saturated carbocycles. The molecule has 2 unspecified atom stereocenters. The van der Waals surface area contributed by atoms with E-state index in [1.165, 1.54) is 5.56 Å². The van der Waals surface area contributed by atoms with Gasteiger partial charge >= 0.3 is 0 Å². The molecule has 2 rings (SSSR count). The lowest BCUT2D eigenvalue weighted by Gasteiger charge is -2.40. The average molecular weight is 265 g/mol. The maximum Gasteiger partial charge on any atom is 0.0450 e. The lowest BCUT2D eigenvalue weighted by Crippen LogP contribution is -2.52. The molecule has 0 spiro atoms. The molecule has 2 atom stereocenters. The van der Waals surface area contributed by atoms with Crippen molar-refractivity contribution in [3.63, 3.8) is 0 Å². The van der Waals surface area contributed by atoms with Crippen molar-refractivity contribution < 1.29 is 0 Å². The Bertz CT molecular complexity index is 391. The molecule has 0 amide bonds. The van der Waals surface area contributed by atoms with Gasteiger partial charge in [-0.3, -0.25) is 4.90 Å². The summed E-state index contributed by atoms with van der Waals surface area (Å²) in [5.41, 5.74) is 1.34. The van der Waals surface area contributed by atoms with Crippen molar-refractivity contribution in [2.75, 3.05) is 19.6 Å². The smallest absolute Gasteiger partial charge is 0.0450 e. The molecular formula is C15H21ClN2. The largest absolute Gasteiger partial charge is 0.307 e. The van der Waals surface area contributed by atoms with Crippen molar-refractivity contribution >= 4 is 11.6 Å². The lowest BCUT2D eigenvalue weighted by atomic mass is 10.0. The number of rotatable bonds is 4. The molecule has 98 valence electrons. The van der Waals surface area contributed by atoms with Crippen LogP contribution in [0.3, 0.4) is 0 Å². The highest BCUT2D eigenvalue weighted by Crippen LogP contribution is 2.22. The van der Waals surface area contributed by atoms with Crippen LogP contribution >= 0.6 is 11.6 Å². The van der Waals surface area contributed by atoms with E-state index in [9.17, 15) is 0 Å². The summed E-state index contributed by atoms with van der Waals surface area (Å²) >= 11 is 5.97. The molecule has 18 heavy (non-hydrogen) atoms. The maximum absolute atomic E-state index is 5.97. The Hall–Kier alpha value is -0.830. The van der Waals surface area contributed by atoms with E-state index in [0.29, 0.717) is 12.1 Å². The summed E-state index contributed by atoms with van der Waals surface area (Å²) in [6.45, 7) is 8.83. The summed E-state index contributed by atoms with van der Waals surface area (Å²) in [7, 11) is 0. The molecule has 1 N–H and O–H groups in total. The predicted octanol–water partition coefficient (Wildman–Crippen LogP) is 3.16. The van der Waals surface area contributed by atoms with Crippen LogP contribution in [0.1, 0.15) is 24.9 Å². The average Bonchev–Trinajstić information content (AvgIpc) is 2.39. The van der Waals surface area contributed by atoms with Crippen molar-refractivity contribution in [1.82, 2.24) is 10.2 Å². The Kier molecular flexibility index (Phi) is 4.81. The highest BCUT2D eigenvalue weighted by molar-refractivity contribution is 6.29. The SMILES string of the molecule is C=C(Cl)CN1CC(c2ccccc2)NCC1CC. The zero-order valence-corrected chi connectivity index (χ0v) is 11.7. The first-order valence-electron chi connectivity index (χ1n) is 6.56. The zero-order valence-electron chi connectivity index (χ0n) is 10.9. The summed E-state index contributed by atoms with van der Waals surface area (Å²) in [6, 6.07) is 11.5. The van der Waals surface area contributed by atoms with Crippen molar-refractivity contribution in [1.29, 1.82) is 0 Å². The van der Waals surface area contributed by atoms with Crippen LogP contribution in [0.4, 0.5) is 0 Å². The minimum atomic E-state index is 0.394. The molecule has 1 aliphatic rings. The van der Waals surface area contributed by atoms with Crippen molar-refractivity contribution in [2.45, 2.75) is 25.4 Å². The number of nitrogens with one attached hydrogen (secondary N) is 1. The molecule has 3 heteroatoms. The van der Waals surface area contributed by atoms with Crippen LogP contribution in [0, 0.1) is 0 Å². The third-order valence-corrected chi connectivity index (χ3v) is 3.70. The van der Waals surface area contributed by atoms with E-state index in [1.807, 2.05) is 0 Å². The van der Waals surface area contributed by atoms with Crippen LogP contribution in [0.5, 0.6) is 0 Å². The first kappa shape index (κ1) is 13.6. The lowest BCUT2D eigenvalue weighted by molar-refractivity contribution is 0.140. The summed E-state index contributed by atoms with van der Waals surface area (Å²) in [5, 5.41) is 4.35. The van der Waals surface area contributed by atoms with Crippen LogP contribution in [0.25, 0.3) is 0 Å². The number of nitrogens with zero attached hydrogens (tertiary/aromatic N) is 1. The maximum atomic E-state index is 5.97. The van der Waals surface area contributed by atoms with E-state index in [1.54, 1.807) is 0 Å². The van der Waals surface area contributed by atoms with E-state index >= 15 is 0 Å². The number of piperazine rings is 1. The van der Waals surface area contributed by atoms with Gasteiger partial charge in [-0.25, -0.2) is 0 Å². The molecule has 1 aromatic rings. The second-order valence-corrected chi connectivity index (χ2v) is 5.41. The van der Waals surface area contributed by atoms with Crippen molar-refractivity contribution in [3.05, 3.63) is 47.5 Å². The van der Waals surface area contributed by atoms with Gasteiger partial charge in [0.2, 0.25) is 0 Å². The highest BCUT2D eigenvalue weighted by atomic mass is 35.5. The third kappa shape index (κ3) is 3.35. The summed E-state index contributed by atoms with van der Waals surface area (Å²) < 4.78 is 0. The molecule has 1 saturated heterocycles. The molecule has 1 heterocycles. The van der Waals surface area contributed by atoms with E-state index in [2.05, 4.69) is 54.1 Å². The number of hydrogen-bond donors (Lipinski definition) is 1. The molecule has 1 aliphatic heterocycles. The first-order chi connectivity index (χ1) is 8.70. The van der Waals surface area contributed by atoms with Crippen LogP contribution < -0.4 is 5.32 Å². The van der Waals surface area contributed by atoms with E-state index in [0.717, 1.165) is 31.1 Å². The standard InChI is InChI=1S/C15H21ClN2/c1-3-14-9-17-15(11-18(14)10-12(2)16)13-7-5-4-6-8-13/h4-8,14-15,17H,2-3,9-11H2,1H3. The number of halogens is 1. The molecule has 0 radical (unpaired) electrons. The fourth-order valence-electron chi connectivity index (χ4n) is 2.58. The van der Waals surface area contributed by atoms with Crippen LogP contribution in [-0.2, 0) is 0 Å². The minimum Gasteiger partial charge on any atom is -0.307 e. The Morgan fingerprint density at radius 3 is 2.78 bits per heavy atom.